The molecule has 8 nitrogen and oxygen atoms in total. The van der Waals surface area contributed by atoms with Crippen LogP contribution in [0.4, 0.5) is 14.7 Å². The summed E-state index contributed by atoms with van der Waals surface area (Å²) in [6.45, 7) is 8.12. The van der Waals surface area contributed by atoms with Crippen LogP contribution >= 0.6 is 0 Å². The highest BCUT2D eigenvalue weighted by atomic mass is 32.2. The maximum atomic E-state index is 15.1. The number of aryl methyl sites for hydroxylation is 1. The van der Waals surface area contributed by atoms with Crippen LogP contribution in [-0.4, -0.2) is 71.0 Å². The molecule has 0 radical (unpaired) electrons. The standard InChI is InChI=1S/C26H30F2N6O2S/c1-16(2)34-17(3)30-25-20(27)12-19(13-23(25)34)24-21(28)14-29-26(31-24)33-8-5-6-18-15-32(9-7-22(18)33)10-11-37(4,35)36/h5-6,12-14,16H,7-11,15H2,1-4H3. The third-order valence-electron chi connectivity index (χ3n) is 6.83. The molecule has 0 amide bonds. The summed E-state index contributed by atoms with van der Waals surface area (Å²) in [4.78, 5) is 17.2. The zero-order valence-electron chi connectivity index (χ0n) is 21.4. The smallest absolute Gasteiger partial charge is 0.230 e. The Hall–Kier alpha value is -3.18. The fourth-order valence-electron chi connectivity index (χ4n) is 5.14. The summed E-state index contributed by atoms with van der Waals surface area (Å²) in [6.07, 6.45) is 7.09. The van der Waals surface area contributed by atoms with Gasteiger partial charge in [0.25, 0.3) is 0 Å². The fraction of sp³-hybridized carbons (Fsp3) is 0.423. The summed E-state index contributed by atoms with van der Waals surface area (Å²) in [5.74, 6) is -0.0165. The van der Waals surface area contributed by atoms with Gasteiger partial charge in [-0.25, -0.2) is 32.2 Å². The Morgan fingerprint density at radius 3 is 2.65 bits per heavy atom. The minimum absolute atomic E-state index is 0.0299. The van der Waals surface area contributed by atoms with Crippen molar-refractivity contribution in [1.29, 1.82) is 0 Å². The lowest BCUT2D eigenvalue weighted by Crippen LogP contribution is -2.40. The van der Waals surface area contributed by atoms with Gasteiger partial charge >= 0.3 is 0 Å². The Morgan fingerprint density at radius 1 is 1.14 bits per heavy atom. The molecule has 0 atom stereocenters. The zero-order chi connectivity index (χ0) is 26.5. The second-order valence-corrected chi connectivity index (χ2v) is 12.2. The summed E-state index contributed by atoms with van der Waals surface area (Å²) in [5.41, 5.74) is 3.29. The van der Waals surface area contributed by atoms with Gasteiger partial charge in [0.1, 0.15) is 26.9 Å². The van der Waals surface area contributed by atoms with E-state index < -0.39 is 21.5 Å². The van der Waals surface area contributed by atoms with Gasteiger partial charge in [-0.05, 0) is 38.5 Å². The molecule has 11 heteroatoms. The summed E-state index contributed by atoms with van der Waals surface area (Å²) in [6, 6.07) is 3.06. The molecular formula is C26H30F2N6O2S. The van der Waals surface area contributed by atoms with E-state index in [1.165, 1.54) is 12.3 Å². The number of fused-ring (bicyclic) bond motifs is 1. The van der Waals surface area contributed by atoms with E-state index in [4.69, 9.17) is 0 Å². The average Bonchev–Trinajstić information content (AvgIpc) is 3.18. The molecule has 0 spiro atoms. The normalized spacial score (nSPS) is 16.8. The van der Waals surface area contributed by atoms with Gasteiger partial charge in [-0.3, -0.25) is 4.90 Å². The van der Waals surface area contributed by atoms with Crippen LogP contribution in [0.25, 0.3) is 22.3 Å². The van der Waals surface area contributed by atoms with Gasteiger partial charge in [-0.2, -0.15) is 0 Å². The molecule has 37 heavy (non-hydrogen) atoms. The van der Waals surface area contributed by atoms with E-state index in [0.717, 1.165) is 17.5 Å². The van der Waals surface area contributed by atoms with Crippen molar-refractivity contribution < 1.29 is 17.2 Å². The molecule has 0 N–H and O–H groups in total. The van der Waals surface area contributed by atoms with Crippen LogP contribution in [0, 0.1) is 18.6 Å². The SMILES string of the molecule is Cc1nc2c(F)cc(-c3nc(N4CC=CC5=C4CCN(CCS(C)(=O)=O)C5)ncc3F)cc2n1C(C)C. The minimum Gasteiger partial charge on any atom is -0.326 e. The predicted molar refractivity (Wildman–Crippen MR) is 140 cm³/mol. The fourth-order valence-corrected chi connectivity index (χ4v) is 5.73. The molecule has 3 aromatic rings. The molecule has 0 saturated heterocycles. The van der Waals surface area contributed by atoms with Gasteiger partial charge < -0.3 is 9.47 Å². The molecule has 0 saturated carbocycles. The second kappa shape index (κ2) is 9.60. The van der Waals surface area contributed by atoms with Gasteiger partial charge in [-0.15, -0.1) is 0 Å². The van der Waals surface area contributed by atoms with Crippen molar-refractivity contribution in [3.63, 3.8) is 0 Å². The Kier molecular flexibility index (Phi) is 6.61. The van der Waals surface area contributed by atoms with Crippen molar-refractivity contribution in [3.05, 3.63) is 59.2 Å². The lowest BCUT2D eigenvalue weighted by Gasteiger charge is -2.36. The molecule has 5 rings (SSSR count). The molecule has 1 aromatic carbocycles. The van der Waals surface area contributed by atoms with E-state index in [-0.39, 0.29) is 23.0 Å². The van der Waals surface area contributed by atoms with E-state index in [2.05, 4.69) is 19.9 Å². The summed E-state index contributed by atoms with van der Waals surface area (Å²) in [5, 5.41) is 0. The number of hydrogen-bond donors (Lipinski definition) is 0. The molecule has 0 fully saturated rings. The second-order valence-electron chi connectivity index (χ2n) is 9.96. The maximum Gasteiger partial charge on any atom is 0.230 e. The Labute approximate surface area is 215 Å². The van der Waals surface area contributed by atoms with E-state index >= 15 is 8.78 Å². The number of sulfone groups is 1. The summed E-state index contributed by atoms with van der Waals surface area (Å²) >= 11 is 0. The van der Waals surface area contributed by atoms with Crippen LogP contribution in [0.1, 0.15) is 32.1 Å². The highest BCUT2D eigenvalue weighted by Gasteiger charge is 2.27. The number of halogens is 2. The van der Waals surface area contributed by atoms with Crippen LogP contribution in [0.5, 0.6) is 0 Å². The van der Waals surface area contributed by atoms with E-state index in [9.17, 15) is 8.42 Å². The third kappa shape index (κ3) is 5.02. The number of hydrogen-bond acceptors (Lipinski definition) is 7. The van der Waals surface area contributed by atoms with Crippen LogP contribution in [0.15, 0.2) is 41.8 Å². The van der Waals surface area contributed by atoms with Gasteiger partial charge in [0.2, 0.25) is 5.95 Å². The van der Waals surface area contributed by atoms with Crippen LogP contribution in [0.3, 0.4) is 0 Å². The van der Waals surface area contributed by atoms with Crippen molar-refractivity contribution in [2.45, 2.75) is 33.2 Å². The van der Waals surface area contributed by atoms with Crippen molar-refractivity contribution >= 4 is 26.8 Å². The first-order valence-electron chi connectivity index (χ1n) is 12.3. The number of anilines is 1. The molecular weight excluding hydrogens is 498 g/mol. The number of nitrogens with zero attached hydrogens (tertiary/aromatic N) is 6. The van der Waals surface area contributed by atoms with Gasteiger partial charge in [-0.1, -0.05) is 12.2 Å². The average molecular weight is 529 g/mol. The first-order valence-corrected chi connectivity index (χ1v) is 14.3. The lowest BCUT2D eigenvalue weighted by molar-refractivity contribution is 0.301. The van der Waals surface area contributed by atoms with Crippen molar-refractivity contribution in [1.82, 2.24) is 24.4 Å². The third-order valence-corrected chi connectivity index (χ3v) is 7.75. The van der Waals surface area contributed by atoms with Crippen LogP contribution in [0.2, 0.25) is 0 Å². The van der Waals surface area contributed by atoms with E-state index in [1.807, 2.05) is 42.4 Å². The Bertz CT molecular complexity index is 1540. The van der Waals surface area contributed by atoms with Crippen molar-refractivity contribution in [3.8, 4) is 11.3 Å². The first kappa shape index (κ1) is 25.5. The zero-order valence-corrected chi connectivity index (χ0v) is 22.2. The molecule has 0 unspecified atom stereocenters. The topological polar surface area (TPSA) is 84.2 Å². The van der Waals surface area contributed by atoms with Gasteiger partial charge in [0, 0.05) is 56.2 Å². The predicted octanol–water partition coefficient (Wildman–Crippen LogP) is 4.04. The van der Waals surface area contributed by atoms with Gasteiger partial charge in [0.05, 0.1) is 17.5 Å². The highest BCUT2D eigenvalue weighted by molar-refractivity contribution is 7.90. The molecule has 0 bridgehead atoms. The molecule has 2 aliphatic rings. The van der Waals surface area contributed by atoms with Crippen molar-refractivity contribution in [2.24, 2.45) is 0 Å². The molecule has 196 valence electrons. The quantitative estimate of drug-likeness (QED) is 0.477. The number of imidazole rings is 1. The number of aromatic nitrogens is 4. The van der Waals surface area contributed by atoms with Crippen LogP contribution in [-0.2, 0) is 9.84 Å². The van der Waals surface area contributed by atoms with E-state index in [1.54, 1.807) is 6.07 Å². The molecule has 2 aliphatic heterocycles. The number of benzene rings is 1. The highest BCUT2D eigenvalue weighted by Crippen LogP contribution is 2.33. The van der Waals surface area contributed by atoms with E-state index in [0.29, 0.717) is 55.5 Å². The molecule has 2 aromatic heterocycles. The Morgan fingerprint density at radius 2 is 1.92 bits per heavy atom. The summed E-state index contributed by atoms with van der Waals surface area (Å²) in [7, 11) is -3.04. The van der Waals surface area contributed by atoms with Gasteiger partial charge in [0.15, 0.2) is 11.6 Å². The number of rotatable bonds is 6. The summed E-state index contributed by atoms with van der Waals surface area (Å²) < 4.78 is 55.2. The monoisotopic (exact) mass is 528 g/mol. The van der Waals surface area contributed by atoms with Crippen molar-refractivity contribution in [2.75, 3.05) is 43.1 Å². The van der Waals surface area contributed by atoms with Crippen LogP contribution < -0.4 is 4.90 Å². The molecule has 4 heterocycles. The molecule has 0 aliphatic carbocycles. The Balaban J connectivity index is 1.49. The lowest BCUT2D eigenvalue weighted by atomic mass is 10.0. The minimum atomic E-state index is -3.04. The maximum absolute atomic E-state index is 15.1. The first-order chi connectivity index (χ1) is 17.5. The largest absolute Gasteiger partial charge is 0.326 e.